The number of hydrogen-bond donors (Lipinski definition) is 1. The number of amidine groups is 2. The first-order valence-electron chi connectivity index (χ1n) is 11.2. The maximum absolute atomic E-state index is 13.0. The highest BCUT2D eigenvalue weighted by Crippen LogP contribution is 2.33. The van der Waals surface area contributed by atoms with Gasteiger partial charge in [-0.25, -0.2) is 0 Å². The summed E-state index contributed by atoms with van der Waals surface area (Å²) in [5.41, 5.74) is 7.09. The van der Waals surface area contributed by atoms with Gasteiger partial charge < -0.3 is 9.30 Å². The molecule has 0 aliphatic carbocycles. The Balaban J connectivity index is 1.53. The molecule has 2 aliphatic rings. The molecule has 5 rings (SSSR count). The van der Waals surface area contributed by atoms with Crippen molar-refractivity contribution in [3.05, 3.63) is 87.7 Å². The number of ether oxygens (including phenoxy) is 1. The summed E-state index contributed by atoms with van der Waals surface area (Å²) < 4.78 is 7.69. The first-order valence-corrected chi connectivity index (χ1v) is 12.0. The molecule has 2 aliphatic heterocycles. The van der Waals surface area contributed by atoms with E-state index in [2.05, 4.69) is 20.7 Å². The van der Waals surface area contributed by atoms with Crippen LogP contribution in [0.3, 0.4) is 0 Å². The van der Waals surface area contributed by atoms with Crippen molar-refractivity contribution in [2.24, 2.45) is 10.1 Å². The molecule has 0 saturated carbocycles. The monoisotopic (exact) mass is 483 g/mol. The first kappa shape index (κ1) is 22.9. The number of hydrazone groups is 1. The van der Waals surface area contributed by atoms with Gasteiger partial charge in [-0.3, -0.25) is 10.2 Å². The highest BCUT2D eigenvalue weighted by molar-refractivity contribution is 8.27. The van der Waals surface area contributed by atoms with Gasteiger partial charge in [0.25, 0.3) is 5.91 Å². The number of aliphatic imine (C=N–C) groups is 1. The third kappa shape index (κ3) is 4.00. The van der Waals surface area contributed by atoms with Crippen LogP contribution in [-0.2, 0) is 4.79 Å². The van der Waals surface area contributed by atoms with Gasteiger partial charge in [0.15, 0.2) is 5.84 Å². The predicted octanol–water partition coefficient (Wildman–Crippen LogP) is 5.39. The summed E-state index contributed by atoms with van der Waals surface area (Å²) in [5, 5.41) is 15.9. The fourth-order valence-electron chi connectivity index (χ4n) is 4.32. The third-order valence-corrected chi connectivity index (χ3v) is 7.02. The zero-order valence-corrected chi connectivity index (χ0v) is 21.0. The Kier molecular flexibility index (Phi) is 5.68. The molecule has 1 aromatic heterocycles. The zero-order valence-electron chi connectivity index (χ0n) is 20.2. The van der Waals surface area contributed by atoms with Crippen LogP contribution in [0, 0.1) is 33.1 Å². The van der Waals surface area contributed by atoms with Crippen LogP contribution >= 0.6 is 11.8 Å². The fraction of sp³-hybridized carbons (Fsp3) is 0.185. The molecule has 8 heteroatoms. The Morgan fingerprint density at radius 2 is 1.80 bits per heavy atom. The molecule has 176 valence electrons. The van der Waals surface area contributed by atoms with Crippen LogP contribution in [0.1, 0.15) is 33.6 Å². The van der Waals surface area contributed by atoms with Crippen molar-refractivity contribution >= 4 is 39.8 Å². The van der Waals surface area contributed by atoms with Gasteiger partial charge >= 0.3 is 0 Å². The van der Waals surface area contributed by atoms with E-state index in [9.17, 15) is 4.79 Å². The number of hydrogen-bond acceptors (Lipinski definition) is 5. The number of thioether (sulfide) groups is 1. The Morgan fingerprint density at radius 1 is 1.03 bits per heavy atom. The van der Waals surface area contributed by atoms with Crippen molar-refractivity contribution < 1.29 is 9.53 Å². The lowest BCUT2D eigenvalue weighted by Crippen LogP contribution is -2.35. The number of methoxy groups -OCH3 is 1. The van der Waals surface area contributed by atoms with Crippen LogP contribution in [0.2, 0.25) is 0 Å². The van der Waals surface area contributed by atoms with Crippen LogP contribution in [0.5, 0.6) is 5.75 Å². The van der Waals surface area contributed by atoms with E-state index < -0.39 is 5.91 Å². The molecule has 3 aromatic rings. The highest BCUT2D eigenvalue weighted by atomic mass is 32.2. The fourth-order valence-corrected chi connectivity index (χ4v) is 5.21. The van der Waals surface area contributed by atoms with E-state index >= 15 is 0 Å². The summed E-state index contributed by atoms with van der Waals surface area (Å²) in [6.07, 6.45) is 1.73. The van der Waals surface area contributed by atoms with Gasteiger partial charge in [0.1, 0.15) is 10.8 Å². The number of fused-ring (bicyclic) bond motifs is 1. The summed E-state index contributed by atoms with van der Waals surface area (Å²) in [6.45, 7) is 8.06. The molecular formula is C27H25N5O2S. The number of amides is 1. The van der Waals surface area contributed by atoms with Crippen molar-refractivity contribution in [2.75, 3.05) is 7.11 Å². The number of aromatic nitrogens is 1. The average Bonchev–Trinajstić information content (AvgIpc) is 3.37. The van der Waals surface area contributed by atoms with Crippen LogP contribution in [0.4, 0.5) is 0 Å². The minimum atomic E-state index is -0.438. The average molecular weight is 484 g/mol. The minimum absolute atomic E-state index is 0.0214. The number of rotatable bonds is 4. The van der Waals surface area contributed by atoms with Crippen molar-refractivity contribution in [1.29, 1.82) is 5.41 Å². The second-order valence-corrected chi connectivity index (χ2v) is 9.59. The number of carbonyl (C=O) groups is 1. The molecule has 0 unspecified atom stereocenters. The number of carbonyl (C=O) groups excluding carboxylic acids is 1. The quantitative estimate of drug-likeness (QED) is 0.505. The summed E-state index contributed by atoms with van der Waals surface area (Å²) in [5.74, 6) is 0.347. The molecule has 0 atom stereocenters. The van der Waals surface area contributed by atoms with E-state index in [0.29, 0.717) is 5.17 Å². The minimum Gasteiger partial charge on any atom is -0.495 e. The van der Waals surface area contributed by atoms with Crippen molar-refractivity contribution in [2.45, 2.75) is 27.7 Å². The van der Waals surface area contributed by atoms with Crippen molar-refractivity contribution in [3.8, 4) is 11.4 Å². The van der Waals surface area contributed by atoms with Gasteiger partial charge in [0, 0.05) is 17.0 Å². The summed E-state index contributed by atoms with van der Waals surface area (Å²) >= 11 is 1.30. The van der Waals surface area contributed by atoms with Gasteiger partial charge in [-0.05, 0) is 80.9 Å². The summed E-state index contributed by atoms with van der Waals surface area (Å²) in [7, 11) is 1.66. The molecule has 1 amide bonds. The van der Waals surface area contributed by atoms with Gasteiger partial charge in [0.05, 0.1) is 18.4 Å². The van der Waals surface area contributed by atoms with E-state index in [-0.39, 0.29) is 11.4 Å². The number of aryl methyl sites for hydroxylation is 3. The largest absolute Gasteiger partial charge is 0.495 e. The normalized spacial score (nSPS) is 16.5. The Hall–Kier alpha value is -3.91. The summed E-state index contributed by atoms with van der Waals surface area (Å²) in [4.78, 5) is 17.2. The molecule has 35 heavy (non-hydrogen) atoms. The SMILES string of the molecule is COc1ccc(C)cc1-n1c(C)cc(C=C2C(=N)N3N=C(c4cccc(C)c4)SC3=NC2=O)c1C. The van der Waals surface area contributed by atoms with Crippen LogP contribution in [0.15, 0.2) is 64.2 Å². The van der Waals surface area contributed by atoms with Gasteiger partial charge in [-0.2, -0.15) is 15.1 Å². The highest BCUT2D eigenvalue weighted by Gasteiger charge is 2.36. The second kappa shape index (κ2) is 8.70. The molecule has 2 aromatic carbocycles. The predicted molar refractivity (Wildman–Crippen MR) is 142 cm³/mol. The second-order valence-electron chi connectivity index (χ2n) is 8.63. The van der Waals surface area contributed by atoms with E-state index in [4.69, 9.17) is 10.1 Å². The lowest BCUT2D eigenvalue weighted by atomic mass is 10.1. The zero-order chi connectivity index (χ0) is 24.9. The molecule has 0 spiro atoms. The van der Waals surface area contributed by atoms with Crippen molar-refractivity contribution in [1.82, 2.24) is 9.58 Å². The summed E-state index contributed by atoms with van der Waals surface area (Å²) in [6, 6.07) is 16.0. The molecule has 0 saturated heterocycles. The standard InChI is InChI=1S/C27H25N5O2S/c1-15-7-6-8-19(11-15)26-30-32-24(28)21(25(33)29-27(32)35-26)14-20-13-17(3)31(18(20)4)22-12-16(2)9-10-23(22)34-5/h6-14,28H,1-5H3. The van der Waals surface area contributed by atoms with Gasteiger partial charge in [-0.1, -0.05) is 29.8 Å². The number of nitrogens with one attached hydrogen (secondary N) is 1. The van der Waals surface area contributed by atoms with Gasteiger partial charge in [-0.15, -0.1) is 0 Å². The molecule has 1 N–H and O–H groups in total. The van der Waals surface area contributed by atoms with Gasteiger partial charge in [0.2, 0.25) is 5.17 Å². The molecule has 0 bridgehead atoms. The molecule has 7 nitrogen and oxygen atoms in total. The Bertz CT molecular complexity index is 1500. The molecular weight excluding hydrogens is 458 g/mol. The number of benzene rings is 2. The first-order chi connectivity index (χ1) is 16.8. The lowest BCUT2D eigenvalue weighted by Gasteiger charge is -2.20. The van der Waals surface area contributed by atoms with Crippen LogP contribution < -0.4 is 4.74 Å². The van der Waals surface area contributed by atoms with Crippen molar-refractivity contribution in [3.63, 3.8) is 0 Å². The van der Waals surface area contributed by atoms with E-state index in [1.165, 1.54) is 16.8 Å². The number of nitrogens with zero attached hydrogens (tertiary/aromatic N) is 4. The Labute approximate surface area is 208 Å². The maximum atomic E-state index is 13.0. The third-order valence-electron chi connectivity index (χ3n) is 6.06. The van der Waals surface area contributed by atoms with E-state index in [0.717, 1.165) is 50.1 Å². The molecule has 0 fully saturated rings. The smallest absolute Gasteiger partial charge is 0.283 e. The lowest BCUT2D eigenvalue weighted by molar-refractivity contribution is -0.114. The topological polar surface area (TPSA) is 83.0 Å². The molecule has 3 heterocycles. The van der Waals surface area contributed by atoms with E-state index in [1.807, 2.05) is 70.2 Å². The maximum Gasteiger partial charge on any atom is 0.283 e. The molecule has 0 radical (unpaired) electrons. The van der Waals surface area contributed by atoms with Crippen LogP contribution in [0.25, 0.3) is 11.8 Å². The van der Waals surface area contributed by atoms with Crippen LogP contribution in [-0.4, -0.2) is 38.6 Å². The van der Waals surface area contributed by atoms with E-state index in [1.54, 1.807) is 13.2 Å². The Morgan fingerprint density at radius 3 is 2.54 bits per heavy atom.